The lowest BCUT2D eigenvalue weighted by molar-refractivity contribution is 0.177. The Bertz CT molecular complexity index is 626. The average Bonchev–Trinajstić information content (AvgIpc) is 2.59. The first-order valence-electron chi connectivity index (χ1n) is 7.97. The van der Waals surface area contributed by atoms with Crippen LogP contribution in [-0.2, 0) is 6.42 Å². The largest absolute Gasteiger partial charge is 0.516 e. The highest BCUT2D eigenvalue weighted by Gasteiger charge is 2.18. The molecule has 3 N–H and O–H groups in total. The molecule has 3 heteroatoms. The van der Waals surface area contributed by atoms with Crippen molar-refractivity contribution < 1.29 is 10.2 Å². The van der Waals surface area contributed by atoms with Crippen LogP contribution in [0.15, 0.2) is 90.9 Å². The van der Waals surface area contributed by atoms with Gasteiger partial charge >= 0.3 is 0 Å². The van der Waals surface area contributed by atoms with Crippen LogP contribution in [0.5, 0.6) is 0 Å². The van der Waals surface area contributed by atoms with Crippen LogP contribution in [0, 0.1) is 0 Å². The summed E-state index contributed by atoms with van der Waals surface area (Å²) in [6.45, 7) is 11.6. The van der Waals surface area contributed by atoms with Crippen LogP contribution in [0.2, 0.25) is 0 Å². The summed E-state index contributed by atoms with van der Waals surface area (Å²) in [5.41, 5.74) is 3.64. The molecule has 0 heterocycles. The van der Waals surface area contributed by atoms with E-state index in [1.54, 1.807) is 6.08 Å². The SMILES string of the molecule is C=CC(O)C(Cc1ccccc1)NC(=C)C(/C=C(C)\C=C\O)=C\C. The summed E-state index contributed by atoms with van der Waals surface area (Å²) in [5.74, 6) is 0. The van der Waals surface area contributed by atoms with Crippen molar-refractivity contribution in [1.82, 2.24) is 5.32 Å². The fourth-order valence-corrected chi connectivity index (χ4v) is 2.35. The first kappa shape index (κ1) is 19.5. The highest BCUT2D eigenvalue weighted by atomic mass is 16.3. The standard InChI is InChI=1S/C21H27NO2/c1-5-19(14-16(3)12-13-23)17(4)22-20(21(24)6-2)15-18-10-8-7-9-11-18/h5-14,20-24H,2,4,15H2,1,3H3/b13-12+,16-14-,19-5-. The Morgan fingerprint density at radius 3 is 2.50 bits per heavy atom. The molecule has 24 heavy (non-hydrogen) atoms. The predicted molar refractivity (Wildman–Crippen MR) is 102 cm³/mol. The van der Waals surface area contributed by atoms with Gasteiger partial charge < -0.3 is 15.5 Å². The van der Waals surface area contributed by atoms with Crippen molar-refractivity contribution in [3.8, 4) is 0 Å². The van der Waals surface area contributed by atoms with Gasteiger partial charge in [0.1, 0.15) is 0 Å². The molecule has 1 rings (SSSR count). The summed E-state index contributed by atoms with van der Waals surface area (Å²) in [6.07, 6.45) is 7.96. The van der Waals surface area contributed by atoms with Gasteiger partial charge in [0.2, 0.25) is 0 Å². The Hall–Kier alpha value is -2.52. The fraction of sp³-hybridized carbons (Fsp3) is 0.238. The molecule has 1 aromatic carbocycles. The van der Waals surface area contributed by atoms with E-state index in [2.05, 4.69) is 18.5 Å². The Morgan fingerprint density at radius 2 is 1.96 bits per heavy atom. The molecule has 2 atom stereocenters. The second-order valence-electron chi connectivity index (χ2n) is 5.59. The van der Waals surface area contributed by atoms with Crippen molar-refractivity contribution in [2.45, 2.75) is 32.4 Å². The van der Waals surface area contributed by atoms with Gasteiger partial charge in [0.15, 0.2) is 0 Å². The number of hydrogen-bond donors (Lipinski definition) is 3. The summed E-state index contributed by atoms with van der Waals surface area (Å²) in [5, 5.41) is 22.4. The summed E-state index contributed by atoms with van der Waals surface area (Å²) in [7, 11) is 0. The molecule has 0 saturated carbocycles. The van der Waals surface area contributed by atoms with E-state index in [1.165, 1.54) is 6.08 Å². The molecule has 0 spiro atoms. The third-order valence-electron chi connectivity index (χ3n) is 3.69. The van der Waals surface area contributed by atoms with Crippen molar-refractivity contribution in [2.75, 3.05) is 0 Å². The molecule has 0 aromatic heterocycles. The van der Waals surface area contributed by atoms with Crippen LogP contribution in [0.25, 0.3) is 0 Å². The lowest BCUT2D eigenvalue weighted by Gasteiger charge is -2.25. The highest BCUT2D eigenvalue weighted by Crippen LogP contribution is 2.14. The van der Waals surface area contributed by atoms with Crippen LogP contribution in [-0.4, -0.2) is 22.4 Å². The van der Waals surface area contributed by atoms with Crippen molar-refractivity contribution >= 4 is 0 Å². The molecule has 0 radical (unpaired) electrons. The van der Waals surface area contributed by atoms with E-state index in [1.807, 2.05) is 56.3 Å². The van der Waals surface area contributed by atoms with Gasteiger partial charge in [-0.3, -0.25) is 0 Å². The van der Waals surface area contributed by atoms with E-state index in [0.717, 1.165) is 23.0 Å². The topological polar surface area (TPSA) is 52.5 Å². The van der Waals surface area contributed by atoms with Gasteiger partial charge in [-0.2, -0.15) is 0 Å². The number of hydrogen-bond acceptors (Lipinski definition) is 3. The second kappa shape index (κ2) is 10.3. The van der Waals surface area contributed by atoms with Gasteiger partial charge in [-0.15, -0.1) is 6.58 Å². The van der Waals surface area contributed by atoms with Gasteiger partial charge in [-0.05, 0) is 43.1 Å². The number of allylic oxidation sites excluding steroid dienone is 4. The Kier molecular flexibility index (Phi) is 8.37. The minimum absolute atomic E-state index is 0.227. The summed E-state index contributed by atoms with van der Waals surface area (Å²) in [6, 6.07) is 9.75. The van der Waals surface area contributed by atoms with Gasteiger partial charge in [0.25, 0.3) is 0 Å². The van der Waals surface area contributed by atoms with Crippen molar-refractivity contribution in [2.24, 2.45) is 0 Å². The molecule has 1 aromatic rings. The van der Waals surface area contributed by atoms with Crippen molar-refractivity contribution in [1.29, 1.82) is 0 Å². The predicted octanol–water partition coefficient (Wildman–Crippen LogP) is 4.21. The molecule has 0 saturated heterocycles. The Morgan fingerprint density at radius 1 is 1.29 bits per heavy atom. The Labute approximate surface area is 145 Å². The van der Waals surface area contributed by atoms with Gasteiger partial charge in [0.05, 0.1) is 18.4 Å². The van der Waals surface area contributed by atoms with E-state index in [9.17, 15) is 5.11 Å². The third kappa shape index (κ3) is 6.31. The van der Waals surface area contributed by atoms with Crippen LogP contribution in [0.1, 0.15) is 19.4 Å². The zero-order valence-corrected chi connectivity index (χ0v) is 14.4. The Balaban J connectivity index is 2.90. The lowest BCUT2D eigenvalue weighted by atomic mass is 9.99. The number of nitrogens with one attached hydrogen (secondary N) is 1. The molecule has 0 aliphatic rings. The van der Waals surface area contributed by atoms with E-state index < -0.39 is 6.10 Å². The van der Waals surface area contributed by atoms with Gasteiger partial charge in [-0.1, -0.05) is 55.1 Å². The number of rotatable bonds is 9. The van der Waals surface area contributed by atoms with E-state index >= 15 is 0 Å². The maximum atomic E-state index is 10.2. The van der Waals surface area contributed by atoms with E-state index in [-0.39, 0.29) is 6.04 Å². The van der Waals surface area contributed by atoms with Crippen LogP contribution in [0.3, 0.4) is 0 Å². The molecular formula is C21H27NO2. The van der Waals surface area contributed by atoms with Crippen LogP contribution in [0.4, 0.5) is 0 Å². The molecule has 0 bridgehead atoms. The average molecular weight is 325 g/mol. The summed E-state index contributed by atoms with van der Waals surface area (Å²) in [4.78, 5) is 0. The number of aliphatic hydroxyl groups is 2. The molecule has 0 fully saturated rings. The molecule has 128 valence electrons. The quantitative estimate of drug-likeness (QED) is 0.362. The van der Waals surface area contributed by atoms with Crippen LogP contribution >= 0.6 is 0 Å². The minimum Gasteiger partial charge on any atom is -0.516 e. The van der Waals surface area contributed by atoms with E-state index in [4.69, 9.17) is 5.11 Å². The highest BCUT2D eigenvalue weighted by molar-refractivity contribution is 5.41. The van der Waals surface area contributed by atoms with E-state index in [0.29, 0.717) is 12.1 Å². The molecule has 0 aliphatic carbocycles. The molecule has 2 unspecified atom stereocenters. The third-order valence-corrected chi connectivity index (χ3v) is 3.69. The first-order chi connectivity index (χ1) is 11.5. The molecule has 3 nitrogen and oxygen atoms in total. The normalized spacial score (nSPS) is 15.1. The minimum atomic E-state index is -0.692. The monoisotopic (exact) mass is 325 g/mol. The fourth-order valence-electron chi connectivity index (χ4n) is 2.35. The van der Waals surface area contributed by atoms with Gasteiger partial charge in [0, 0.05) is 5.70 Å². The summed E-state index contributed by atoms with van der Waals surface area (Å²) < 4.78 is 0. The first-order valence-corrected chi connectivity index (χ1v) is 7.97. The maximum absolute atomic E-state index is 10.2. The molecular weight excluding hydrogens is 298 g/mol. The number of aliphatic hydroxyl groups excluding tert-OH is 2. The maximum Gasteiger partial charge on any atom is 0.0922 e. The number of benzene rings is 1. The van der Waals surface area contributed by atoms with Crippen LogP contribution < -0.4 is 5.32 Å². The molecule has 0 amide bonds. The molecule has 0 aliphatic heterocycles. The summed E-state index contributed by atoms with van der Waals surface area (Å²) >= 11 is 0. The lowest BCUT2D eigenvalue weighted by Crippen LogP contribution is -2.40. The zero-order chi connectivity index (χ0) is 17.9. The zero-order valence-electron chi connectivity index (χ0n) is 14.4. The van der Waals surface area contributed by atoms with Crippen molar-refractivity contribution in [3.05, 3.63) is 96.5 Å². The van der Waals surface area contributed by atoms with Gasteiger partial charge in [-0.25, -0.2) is 0 Å². The second-order valence-corrected chi connectivity index (χ2v) is 5.59. The smallest absolute Gasteiger partial charge is 0.0922 e. The van der Waals surface area contributed by atoms with Crippen molar-refractivity contribution in [3.63, 3.8) is 0 Å².